The molecule has 3 rings (SSSR count). The summed E-state index contributed by atoms with van der Waals surface area (Å²) in [5.41, 5.74) is 1.25. The number of aryl methyl sites for hydroxylation is 1. The average Bonchev–Trinajstić information content (AvgIpc) is 2.97. The Kier molecular flexibility index (Phi) is 3.05. The molecule has 96 valence electrons. The smallest absolute Gasteiger partial charge is 0.245 e. The number of hydrogen-bond donors (Lipinski definition) is 2. The molecule has 2 N–H and O–H groups in total. The number of nitrogens with zero attached hydrogens (tertiary/aromatic N) is 3. The summed E-state index contributed by atoms with van der Waals surface area (Å²) in [4.78, 5) is 8.02. The Morgan fingerprint density at radius 2 is 2.39 bits per heavy atom. The number of rotatable bonds is 2. The molecule has 1 saturated heterocycles. The van der Waals surface area contributed by atoms with E-state index in [2.05, 4.69) is 50.7 Å². The van der Waals surface area contributed by atoms with E-state index in [4.69, 9.17) is 0 Å². The van der Waals surface area contributed by atoms with Crippen LogP contribution in [0, 0.1) is 6.92 Å². The molecule has 2 aromatic rings. The van der Waals surface area contributed by atoms with Gasteiger partial charge in [-0.3, -0.25) is 5.10 Å². The van der Waals surface area contributed by atoms with Crippen LogP contribution in [-0.4, -0.2) is 40.9 Å². The predicted molar refractivity (Wildman–Crippen MR) is 74.1 cm³/mol. The lowest BCUT2D eigenvalue weighted by Gasteiger charge is -2.30. The molecule has 0 aromatic carbocycles. The number of aromatic nitrogens is 3. The maximum Gasteiger partial charge on any atom is 0.245 e. The number of hydrogen-bond acceptors (Lipinski definition) is 5. The van der Waals surface area contributed by atoms with E-state index in [0.29, 0.717) is 6.04 Å². The number of aromatic amines is 1. The van der Waals surface area contributed by atoms with Gasteiger partial charge in [0, 0.05) is 25.7 Å². The van der Waals surface area contributed by atoms with Gasteiger partial charge in [0.05, 0.1) is 4.88 Å². The van der Waals surface area contributed by atoms with Gasteiger partial charge in [-0.15, -0.1) is 16.4 Å². The second-order valence-electron chi connectivity index (χ2n) is 4.72. The van der Waals surface area contributed by atoms with Gasteiger partial charge in [-0.1, -0.05) is 0 Å². The third-order valence-corrected chi connectivity index (χ3v) is 4.23. The first kappa shape index (κ1) is 11.7. The molecule has 2 aromatic heterocycles. The van der Waals surface area contributed by atoms with Crippen LogP contribution >= 0.6 is 11.3 Å². The van der Waals surface area contributed by atoms with Gasteiger partial charge in [0.1, 0.15) is 0 Å². The fourth-order valence-corrected chi connectivity index (χ4v) is 3.09. The van der Waals surface area contributed by atoms with E-state index < -0.39 is 0 Å². The largest absolute Gasteiger partial charge is 0.337 e. The van der Waals surface area contributed by atoms with E-state index in [9.17, 15) is 0 Å². The molecule has 5 nitrogen and oxygen atoms in total. The molecule has 3 heterocycles. The number of piperazine rings is 1. The molecule has 0 saturated carbocycles. The summed E-state index contributed by atoms with van der Waals surface area (Å²) >= 11 is 1.70. The number of H-pyrrole nitrogens is 1. The first-order valence-electron chi connectivity index (χ1n) is 6.19. The van der Waals surface area contributed by atoms with Crippen molar-refractivity contribution in [2.45, 2.75) is 19.9 Å². The first-order chi connectivity index (χ1) is 8.74. The lowest BCUT2D eigenvalue weighted by molar-refractivity contribution is 0.480. The summed E-state index contributed by atoms with van der Waals surface area (Å²) in [6, 6.07) is 2.60. The van der Waals surface area contributed by atoms with Crippen molar-refractivity contribution in [1.29, 1.82) is 0 Å². The van der Waals surface area contributed by atoms with Crippen LogP contribution in [0.3, 0.4) is 0 Å². The van der Waals surface area contributed by atoms with E-state index in [1.165, 1.54) is 10.4 Å². The molecule has 0 radical (unpaired) electrons. The molecule has 18 heavy (non-hydrogen) atoms. The average molecular weight is 263 g/mol. The van der Waals surface area contributed by atoms with Crippen molar-refractivity contribution in [3.05, 3.63) is 17.0 Å². The highest BCUT2D eigenvalue weighted by Crippen LogP contribution is 2.27. The van der Waals surface area contributed by atoms with E-state index in [-0.39, 0.29) is 0 Å². The Balaban J connectivity index is 1.83. The van der Waals surface area contributed by atoms with Gasteiger partial charge in [-0.25, -0.2) is 0 Å². The van der Waals surface area contributed by atoms with Gasteiger partial charge in [0.25, 0.3) is 0 Å². The van der Waals surface area contributed by atoms with E-state index in [1.807, 2.05) is 0 Å². The summed E-state index contributed by atoms with van der Waals surface area (Å²) in [6.07, 6.45) is 0. The van der Waals surface area contributed by atoms with Crippen LogP contribution in [0.5, 0.6) is 0 Å². The molecule has 1 fully saturated rings. The van der Waals surface area contributed by atoms with Gasteiger partial charge < -0.3 is 10.2 Å². The fraction of sp³-hybridized carbons (Fsp3) is 0.500. The Hall–Kier alpha value is -1.40. The van der Waals surface area contributed by atoms with Crippen LogP contribution in [-0.2, 0) is 0 Å². The van der Waals surface area contributed by atoms with Crippen molar-refractivity contribution in [1.82, 2.24) is 20.5 Å². The van der Waals surface area contributed by atoms with E-state index >= 15 is 0 Å². The summed E-state index contributed by atoms with van der Waals surface area (Å²) in [6.45, 7) is 7.19. The molecule has 0 amide bonds. The van der Waals surface area contributed by atoms with E-state index in [0.717, 1.165) is 31.4 Å². The second kappa shape index (κ2) is 4.70. The van der Waals surface area contributed by atoms with Crippen LogP contribution in [0.25, 0.3) is 10.7 Å². The molecule has 1 aliphatic rings. The number of anilines is 1. The maximum atomic E-state index is 4.61. The highest BCUT2D eigenvalue weighted by Gasteiger charge is 2.20. The van der Waals surface area contributed by atoms with Crippen molar-refractivity contribution < 1.29 is 0 Å². The Bertz CT molecular complexity index is 532. The topological polar surface area (TPSA) is 56.8 Å². The zero-order valence-electron chi connectivity index (χ0n) is 10.6. The standard InChI is InChI=1S/C12H17N5S/c1-8-3-6-18-10(8)11-14-12(16-15-11)17-5-4-13-9(2)7-17/h3,6,9,13H,4-5,7H2,1-2H3,(H,14,15,16). The van der Waals surface area contributed by atoms with Gasteiger partial charge in [0.2, 0.25) is 5.95 Å². The van der Waals surface area contributed by atoms with Crippen molar-refractivity contribution in [2.24, 2.45) is 0 Å². The Morgan fingerprint density at radius 1 is 1.50 bits per heavy atom. The van der Waals surface area contributed by atoms with Crippen molar-refractivity contribution in [2.75, 3.05) is 24.5 Å². The summed E-state index contributed by atoms with van der Waals surface area (Å²) in [5.74, 6) is 1.69. The van der Waals surface area contributed by atoms with Gasteiger partial charge >= 0.3 is 0 Å². The summed E-state index contributed by atoms with van der Waals surface area (Å²) in [7, 11) is 0. The van der Waals surface area contributed by atoms with E-state index in [1.54, 1.807) is 11.3 Å². The Morgan fingerprint density at radius 3 is 3.11 bits per heavy atom. The van der Waals surface area contributed by atoms with Crippen LogP contribution < -0.4 is 10.2 Å². The van der Waals surface area contributed by atoms with Gasteiger partial charge in [0.15, 0.2) is 5.82 Å². The van der Waals surface area contributed by atoms with Crippen LogP contribution in [0.4, 0.5) is 5.95 Å². The Labute approximate surface area is 110 Å². The molecule has 0 aliphatic carbocycles. The molecular formula is C12H17N5S. The fourth-order valence-electron chi connectivity index (χ4n) is 2.23. The highest BCUT2D eigenvalue weighted by atomic mass is 32.1. The van der Waals surface area contributed by atoms with Crippen molar-refractivity contribution in [3.63, 3.8) is 0 Å². The zero-order chi connectivity index (χ0) is 12.5. The number of thiophene rings is 1. The molecule has 1 aliphatic heterocycles. The molecule has 1 atom stereocenters. The molecular weight excluding hydrogens is 246 g/mol. The second-order valence-corrected chi connectivity index (χ2v) is 5.63. The third-order valence-electron chi connectivity index (χ3n) is 3.20. The zero-order valence-corrected chi connectivity index (χ0v) is 11.4. The minimum absolute atomic E-state index is 0.490. The minimum atomic E-state index is 0.490. The SMILES string of the molecule is Cc1ccsc1-c1nc(N2CCNC(C)C2)n[nH]1. The molecule has 0 spiro atoms. The molecule has 1 unspecified atom stereocenters. The molecule has 0 bridgehead atoms. The lowest BCUT2D eigenvalue weighted by atomic mass is 10.2. The summed E-state index contributed by atoms with van der Waals surface area (Å²) in [5, 5.41) is 12.9. The minimum Gasteiger partial charge on any atom is -0.337 e. The third kappa shape index (κ3) is 2.13. The maximum absolute atomic E-state index is 4.61. The van der Waals surface area contributed by atoms with Crippen LogP contribution in [0.15, 0.2) is 11.4 Å². The predicted octanol–water partition coefficient (Wildman–Crippen LogP) is 1.64. The summed E-state index contributed by atoms with van der Waals surface area (Å²) < 4.78 is 0. The van der Waals surface area contributed by atoms with Crippen molar-refractivity contribution >= 4 is 17.3 Å². The van der Waals surface area contributed by atoms with Gasteiger partial charge in [-0.05, 0) is 30.9 Å². The first-order valence-corrected chi connectivity index (χ1v) is 7.07. The lowest BCUT2D eigenvalue weighted by Crippen LogP contribution is -2.49. The molecule has 6 heteroatoms. The number of nitrogens with one attached hydrogen (secondary N) is 2. The van der Waals surface area contributed by atoms with Gasteiger partial charge in [-0.2, -0.15) is 4.98 Å². The van der Waals surface area contributed by atoms with Crippen LogP contribution in [0.1, 0.15) is 12.5 Å². The monoisotopic (exact) mass is 263 g/mol. The normalized spacial score (nSPS) is 20.3. The quantitative estimate of drug-likeness (QED) is 0.865. The van der Waals surface area contributed by atoms with Crippen LogP contribution in [0.2, 0.25) is 0 Å². The highest BCUT2D eigenvalue weighted by molar-refractivity contribution is 7.13. The van der Waals surface area contributed by atoms with Crippen molar-refractivity contribution in [3.8, 4) is 10.7 Å².